The van der Waals surface area contributed by atoms with Gasteiger partial charge in [-0.25, -0.2) is 4.39 Å². The molecule has 68 valence electrons. The molecule has 0 bridgehead atoms. The second-order valence-electron chi connectivity index (χ2n) is 2.78. The lowest BCUT2D eigenvalue weighted by molar-refractivity contribution is -0.134. The largest absolute Gasteiger partial charge is 0.481 e. The third-order valence-corrected chi connectivity index (χ3v) is 0.739. The lowest BCUT2D eigenvalue weighted by Crippen LogP contribution is -2.17. The molecule has 11 heavy (non-hydrogen) atoms. The molecule has 0 amide bonds. The summed E-state index contributed by atoms with van der Waals surface area (Å²) >= 11 is 0. The van der Waals surface area contributed by atoms with Gasteiger partial charge in [-0.2, -0.15) is 0 Å². The molecule has 4 heteroatoms. The molecule has 0 atom stereocenters. The van der Waals surface area contributed by atoms with Crippen LogP contribution in [0.1, 0.15) is 27.2 Å². The van der Waals surface area contributed by atoms with Crippen molar-refractivity contribution in [2.24, 2.45) is 5.73 Å². The number of hydrogen-bond acceptors (Lipinski definition) is 2. The van der Waals surface area contributed by atoms with Gasteiger partial charge < -0.3 is 10.8 Å². The molecule has 0 radical (unpaired) electrons. The molecule has 0 fully saturated rings. The van der Waals surface area contributed by atoms with Crippen LogP contribution in [-0.2, 0) is 4.79 Å². The number of carboxylic acids is 1. The van der Waals surface area contributed by atoms with Crippen LogP contribution in [0, 0.1) is 0 Å². The summed E-state index contributed by atoms with van der Waals surface area (Å²) in [5.74, 6) is -0.833. The highest BCUT2D eigenvalue weighted by atomic mass is 19.1. The number of rotatable bonds is 2. The standard InChI is InChI=1S/C5H12FN.C2H4O2/c1-5(2,6)3-4-7;1-2(3)4/h3-4,7H2,1-2H3;1H3,(H,3,4). The molecule has 0 unspecified atom stereocenters. The van der Waals surface area contributed by atoms with Gasteiger partial charge in [0.1, 0.15) is 5.67 Å². The first-order valence-corrected chi connectivity index (χ1v) is 3.38. The van der Waals surface area contributed by atoms with Crippen molar-refractivity contribution in [3.63, 3.8) is 0 Å². The van der Waals surface area contributed by atoms with Crippen molar-refractivity contribution in [2.75, 3.05) is 6.54 Å². The fourth-order valence-corrected chi connectivity index (χ4v) is 0.343. The maximum absolute atomic E-state index is 12.3. The van der Waals surface area contributed by atoms with Gasteiger partial charge in [0.2, 0.25) is 0 Å². The quantitative estimate of drug-likeness (QED) is 0.645. The highest BCUT2D eigenvalue weighted by Crippen LogP contribution is 2.10. The number of alkyl halides is 1. The Bertz CT molecular complexity index is 105. The topological polar surface area (TPSA) is 63.3 Å². The van der Waals surface area contributed by atoms with E-state index in [2.05, 4.69) is 0 Å². The molecule has 0 aromatic heterocycles. The lowest BCUT2D eigenvalue weighted by Gasteiger charge is -2.10. The molecule has 0 spiro atoms. The summed E-state index contributed by atoms with van der Waals surface area (Å²) < 4.78 is 12.3. The van der Waals surface area contributed by atoms with E-state index in [-0.39, 0.29) is 0 Å². The van der Waals surface area contributed by atoms with E-state index < -0.39 is 11.6 Å². The first-order valence-electron chi connectivity index (χ1n) is 3.38. The molecule has 3 nitrogen and oxygen atoms in total. The number of carboxylic acid groups (broad SMARTS) is 1. The number of carbonyl (C=O) groups is 1. The van der Waals surface area contributed by atoms with Crippen molar-refractivity contribution in [3.05, 3.63) is 0 Å². The summed E-state index contributed by atoms with van der Waals surface area (Å²) in [7, 11) is 0. The lowest BCUT2D eigenvalue weighted by atomic mass is 10.1. The second-order valence-corrected chi connectivity index (χ2v) is 2.78. The van der Waals surface area contributed by atoms with E-state index in [0.29, 0.717) is 13.0 Å². The van der Waals surface area contributed by atoms with Gasteiger partial charge in [-0.15, -0.1) is 0 Å². The third kappa shape index (κ3) is 44.9. The van der Waals surface area contributed by atoms with Crippen LogP contribution in [0.4, 0.5) is 4.39 Å². The summed E-state index contributed by atoms with van der Waals surface area (Å²) in [4.78, 5) is 9.00. The third-order valence-electron chi connectivity index (χ3n) is 0.739. The van der Waals surface area contributed by atoms with Gasteiger partial charge in [-0.3, -0.25) is 4.79 Å². The van der Waals surface area contributed by atoms with Crippen LogP contribution in [0.5, 0.6) is 0 Å². The molecule has 3 N–H and O–H groups in total. The highest BCUT2D eigenvalue weighted by Gasteiger charge is 2.12. The van der Waals surface area contributed by atoms with Crippen LogP contribution in [0.15, 0.2) is 0 Å². The Hall–Kier alpha value is -0.640. The molecule has 0 aromatic carbocycles. The minimum Gasteiger partial charge on any atom is -0.481 e. The van der Waals surface area contributed by atoms with E-state index in [4.69, 9.17) is 15.6 Å². The molecular weight excluding hydrogens is 149 g/mol. The fourth-order valence-electron chi connectivity index (χ4n) is 0.343. The van der Waals surface area contributed by atoms with Crippen molar-refractivity contribution < 1.29 is 14.3 Å². The average Bonchev–Trinajstić information content (AvgIpc) is 1.58. The van der Waals surface area contributed by atoms with E-state index in [1.807, 2.05) is 0 Å². The SMILES string of the molecule is CC(=O)O.CC(C)(F)CCN. The minimum atomic E-state index is -1.07. The average molecular weight is 165 g/mol. The Morgan fingerprint density at radius 1 is 1.64 bits per heavy atom. The molecule has 0 saturated carbocycles. The van der Waals surface area contributed by atoms with E-state index in [1.54, 1.807) is 0 Å². The van der Waals surface area contributed by atoms with Gasteiger partial charge in [0.05, 0.1) is 0 Å². The molecule has 0 aliphatic heterocycles. The van der Waals surface area contributed by atoms with E-state index >= 15 is 0 Å². The maximum atomic E-state index is 12.3. The van der Waals surface area contributed by atoms with Gasteiger partial charge in [0, 0.05) is 6.92 Å². The van der Waals surface area contributed by atoms with Crippen molar-refractivity contribution in [1.82, 2.24) is 0 Å². The summed E-state index contributed by atoms with van der Waals surface area (Å²) in [5, 5.41) is 7.42. The highest BCUT2D eigenvalue weighted by molar-refractivity contribution is 5.62. The van der Waals surface area contributed by atoms with Crippen LogP contribution in [0.25, 0.3) is 0 Å². The molecule has 0 aromatic rings. The zero-order chi connectivity index (χ0) is 9.49. The number of aliphatic carboxylic acids is 1. The van der Waals surface area contributed by atoms with Crippen LogP contribution >= 0.6 is 0 Å². The predicted molar refractivity (Wildman–Crippen MR) is 42.2 cm³/mol. The van der Waals surface area contributed by atoms with E-state index in [1.165, 1.54) is 13.8 Å². The first kappa shape index (κ1) is 13.0. The zero-order valence-electron chi connectivity index (χ0n) is 7.22. The van der Waals surface area contributed by atoms with Gasteiger partial charge in [-0.1, -0.05) is 0 Å². The summed E-state index contributed by atoms with van der Waals surface area (Å²) in [5.41, 5.74) is 4.00. The minimum absolute atomic E-state index is 0.434. The monoisotopic (exact) mass is 165 g/mol. The van der Waals surface area contributed by atoms with Crippen LogP contribution in [0.3, 0.4) is 0 Å². The first-order chi connectivity index (χ1) is 4.79. The van der Waals surface area contributed by atoms with E-state index in [9.17, 15) is 4.39 Å². The molecule has 0 saturated heterocycles. The van der Waals surface area contributed by atoms with Gasteiger partial charge in [0.15, 0.2) is 0 Å². The van der Waals surface area contributed by atoms with Crippen LogP contribution in [0.2, 0.25) is 0 Å². The van der Waals surface area contributed by atoms with Crippen molar-refractivity contribution in [2.45, 2.75) is 32.9 Å². The maximum Gasteiger partial charge on any atom is 0.300 e. The zero-order valence-corrected chi connectivity index (χ0v) is 7.22. The number of halogens is 1. The van der Waals surface area contributed by atoms with Crippen LogP contribution < -0.4 is 5.73 Å². The van der Waals surface area contributed by atoms with E-state index in [0.717, 1.165) is 6.92 Å². The second kappa shape index (κ2) is 6.09. The Morgan fingerprint density at radius 3 is 1.91 bits per heavy atom. The number of nitrogens with two attached hydrogens (primary N) is 1. The van der Waals surface area contributed by atoms with Gasteiger partial charge in [0.25, 0.3) is 5.97 Å². The Labute approximate surface area is 66.4 Å². The number of hydrogen-bond donors (Lipinski definition) is 2. The molecule has 0 aliphatic rings. The van der Waals surface area contributed by atoms with Gasteiger partial charge in [-0.05, 0) is 26.8 Å². The summed E-state index contributed by atoms with van der Waals surface area (Å²) in [6.45, 7) is 4.57. The Morgan fingerprint density at radius 2 is 1.91 bits per heavy atom. The molecule has 0 heterocycles. The summed E-state index contributed by atoms with van der Waals surface area (Å²) in [6.07, 6.45) is 0.451. The van der Waals surface area contributed by atoms with Crippen LogP contribution in [-0.4, -0.2) is 23.3 Å². The molecule has 0 aliphatic carbocycles. The normalized spacial score (nSPS) is 9.91. The predicted octanol–water partition coefficient (Wildman–Crippen LogP) is 1.17. The Kier molecular flexibility index (Phi) is 7.20. The smallest absolute Gasteiger partial charge is 0.300 e. The fraction of sp³-hybridized carbons (Fsp3) is 0.857. The van der Waals surface area contributed by atoms with Gasteiger partial charge >= 0.3 is 0 Å². The molecule has 0 rings (SSSR count). The summed E-state index contributed by atoms with van der Waals surface area (Å²) in [6, 6.07) is 0. The van der Waals surface area contributed by atoms with Crippen molar-refractivity contribution in [3.8, 4) is 0 Å². The Balaban J connectivity index is 0. The van der Waals surface area contributed by atoms with Crippen molar-refractivity contribution in [1.29, 1.82) is 0 Å². The molecular formula is C7H16FNO2. The van der Waals surface area contributed by atoms with Crippen molar-refractivity contribution >= 4 is 5.97 Å².